The zero-order valence-electron chi connectivity index (χ0n) is 16.8. The molecule has 26 heavy (non-hydrogen) atoms. The summed E-state index contributed by atoms with van der Waals surface area (Å²) < 4.78 is 17.3. The van der Waals surface area contributed by atoms with Gasteiger partial charge >= 0.3 is 11.9 Å². The van der Waals surface area contributed by atoms with Crippen LogP contribution in [0, 0.1) is 0 Å². The van der Waals surface area contributed by atoms with Crippen LogP contribution < -0.4 is 0 Å². The molecular weight excluding hydrogens is 388 g/mol. The van der Waals surface area contributed by atoms with Crippen molar-refractivity contribution in [3.63, 3.8) is 0 Å². The lowest BCUT2D eigenvalue weighted by molar-refractivity contribution is -0.165. The molecule has 1 saturated heterocycles. The molecule has 5 nitrogen and oxygen atoms in total. The molecule has 1 aliphatic rings. The highest BCUT2D eigenvalue weighted by molar-refractivity contribution is 8.22. The lowest BCUT2D eigenvalue weighted by Crippen LogP contribution is -2.41. The van der Waals surface area contributed by atoms with Crippen LogP contribution in [0.25, 0.3) is 0 Å². The van der Waals surface area contributed by atoms with E-state index >= 15 is 0 Å². The Hall–Kier alpha value is -0.443. The van der Waals surface area contributed by atoms with E-state index in [0.717, 1.165) is 28.6 Å². The maximum absolute atomic E-state index is 11.9. The second-order valence-corrected chi connectivity index (χ2v) is 14.9. The predicted molar refractivity (Wildman–Crippen MR) is 112 cm³/mol. The average Bonchev–Trinajstić information content (AvgIpc) is 2.57. The van der Waals surface area contributed by atoms with Crippen molar-refractivity contribution in [1.29, 1.82) is 0 Å². The van der Waals surface area contributed by atoms with Crippen molar-refractivity contribution in [2.24, 2.45) is 0 Å². The van der Waals surface area contributed by atoms with Gasteiger partial charge in [0.05, 0.1) is 10.8 Å². The van der Waals surface area contributed by atoms with E-state index in [2.05, 4.69) is 33.9 Å². The summed E-state index contributed by atoms with van der Waals surface area (Å²) in [5, 5.41) is 0.166. The molecule has 1 rings (SSSR count). The van der Waals surface area contributed by atoms with Gasteiger partial charge in [0, 0.05) is 13.0 Å². The molecule has 0 aliphatic carbocycles. The first-order valence-electron chi connectivity index (χ1n) is 9.10. The summed E-state index contributed by atoms with van der Waals surface area (Å²) in [6.07, 6.45) is 2.46. The maximum atomic E-state index is 11.9. The summed E-state index contributed by atoms with van der Waals surface area (Å²) in [6.45, 7) is 13.5. The molecule has 0 N–H and O–H groups in total. The molecule has 0 atom stereocenters. The van der Waals surface area contributed by atoms with Gasteiger partial charge in [-0.25, -0.2) is 9.59 Å². The summed E-state index contributed by atoms with van der Waals surface area (Å²) in [7, 11) is -1.79. The molecule has 0 saturated carbocycles. The van der Waals surface area contributed by atoms with Gasteiger partial charge in [-0.2, -0.15) is 0 Å². The number of rotatable bonds is 7. The molecule has 0 amide bonds. The number of hydrogen-bond acceptors (Lipinski definition) is 7. The quantitative estimate of drug-likeness (QED) is 0.190. The van der Waals surface area contributed by atoms with Crippen molar-refractivity contribution < 1.29 is 23.5 Å². The van der Waals surface area contributed by atoms with Crippen LogP contribution in [0.2, 0.25) is 18.1 Å². The van der Waals surface area contributed by atoms with Gasteiger partial charge in [0.1, 0.15) is 5.76 Å². The monoisotopic (exact) mass is 420 g/mol. The van der Waals surface area contributed by atoms with E-state index in [1.54, 1.807) is 30.4 Å². The third kappa shape index (κ3) is 7.66. The van der Waals surface area contributed by atoms with Gasteiger partial charge in [-0.1, -0.05) is 20.8 Å². The van der Waals surface area contributed by atoms with Gasteiger partial charge in [-0.15, -0.1) is 23.5 Å². The molecular formula is C18H32O5S2Si. The predicted octanol–water partition coefficient (Wildman–Crippen LogP) is 4.93. The Kier molecular flexibility index (Phi) is 9.78. The van der Waals surface area contributed by atoms with E-state index in [-0.39, 0.29) is 11.6 Å². The van der Waals surface area contributed by atoms with Gasteiger partial charge in [-0.3, -0.25) is 0 Å². The van der Waals surface area contributed by atoms with Gasteiger partial charge < -0.3 is 13.9 Å². The molecule has 1 fully saturated rings. The average molecular weight is 421 g/mol. The third-order valence-corrected chi connectivity index (χ3v) is 11.7. The minimum absolute atomic E-state index is 0.156. The number of esters is 2. The van der Waals surface area contributed by atoms with Gasteiger partial charge in [0.15, 0.2) is 8.32 Å². The molecule has 0 radical (unpaired) electrons. The van der Waals surface area contributed by atoms with Crippen LogP contribution >= 0.6 is 23.5 Å². The molecule has 1 heterocycles. The van der Waals surface area contributed by atoms with Gasteiger partial charge in [-0.05, 0) is 49.4 Å². The van der Waals surface area contributed by atoms with E-state index in [1.807, 2.05) is 0 Å². The van der Waals surface area contributed by atoms with Crippen LogP contribution in [0.5, 0.6) is 0 Å². The molecule has 0 aromatic carbocycles. The highest BCUT2D eigenvalue weighted by atomic mass is 32.2. The van der Waals surface area contributed by atoms with Crippen LogP contribution in [-0.2, 0) is 23.5 Å². The Morgan fingerprint density at radius 2 is 1.73 bits per heavy atom. The van der Waals surface area contributed by atoms with Crippen molar-refractivity contribution in [3.8, 4) is 0 Å². The zero-order chi connectivity index (χ0) is 19.8. The Labute approximate surface area is 167 Å². The van der Waals surface area contributed by atoms with Crippen LogP contribution in [0.15, 0.2) is 10.00 Å². The molecule has 0 unspecified atom stereocenters. The van der Waals surface area contributed by atoms with Crippen LogP contribution in [0.3, 0.4) is 0 Å². The van der Waals surface area contributed by atoms with Crippen molar-refractivity contribution in [2.75, 3.05) is 24.7 Å². The zero-order valence-corrected chi connectivity index (χ0v) is 19.4. The first kappa shape index (κ1) is 23.6. The standard InChI is InChI=1S/C18H32O5S2Si/c1-7-21-15(19)16(20)23-14(17-24-12-9-13-25-17)10-8-11-22-26(5,6)18(2,3)4/h7-13H2,1-6H3. The topological polar surface area (TPSA) is 61.8 Å². The van der Waals surface area contributed by atoms with Gasteiger partial charge in [0.2, 0.25) is 0 Å². The van der Waals surface area contributed by atoms with Crippen molar-refractivity contribution in [2.45, 2.75) is 65.1 Å². The van der Waals surface area contributed by atoms with Crippen molar-refractivity contribution in [3.05, 3.63) is 10.00 Å². The second-order valence-electron chi connectivity index (χ2n) is 7.58. The second kappa shape index (κ2) is 10.8. The Bertz CT molecular complexity index is 518. The minimum atomic E-state index is -1.79. The highest BCUT2D eigenvalue weighted by Gasteiger charge is 2.36. The summed E-state index contributed by atoms with van der Waals surface area (Å²) in [4.78, 5) is 23.5. The molecule has 0 aromatic rings. The lowest BCUT2D eigenvalue weighted by atomic mass is 10.2. The molecule has 1 aliphatic heterocycles. The first-order valence-corrected chi connectivity index (χ1v) is 14.0. The molecule has 0 spiro atoms. The molecule has 150 valence electrons. The van der Waals surface area contributed by atoms with Crippen molar-refractivity contribution in [1.82, 2.24) is 0 Å². The van der Waals surface area contributed by atoms with Crippen LogP contribution in [-0.4, -0.2) is 45.0 Å². The third-order valence-electron chi connectivity index (χ3n) is 4.46. The summed E-state index contributed by atoms with van der Waals surface area (Å²) in [6, 6.07) is 0. The van der Waals surface area contributed by atoms with E-state index in [1.165, 1.54) is 0 Å². The van der Waals surface area contributed by atoms with Gasteiger partial charge in [0.25, 0.3) is 0 Å². The van der Waals surface area contributed by atoms with E-state index < -0.39 is 20.3 Å². The van der Waals surface area contributed by atoms with Crippen molar-refractivity contribution >= 4 is 43.8 Å². The fourth-order valence-corrected chi connectivity index (χ4v) is 5.57. The molecule has 8 heteroatoms. The van der Waals surface area contributed by atoms with Crippen LogP contribution in [0.4, 0.5) is 0 Å². The lowest BCUT2D eigenvalue weighted by Gasteiger charge is -2.36. The smallest absolute Gasteiger partial charge is 0.422 e. The fourth-order valence-electron chi connectivity index (χ4n) is 1.91. The normalized spacial score (nSPS) is 15.5. The first-order chi connectivity index (χ1) is 12.1. The summed E-state index contributed by atoms with van der Waals surface area (Å²) in [5.74, 6) is 0.712. The number of carbonyl (C=O) groups excluding carboxylic acids is 2. The van der Waals surface area contributed by atoms with Crippen LogP contribution in [0.1, 0.15) is 47.0 Å². The summed E-state index contributed by atoms with van der Waals surface area (Å²) in [5.41, 5.74) is 0. The largest absolute Gasteiger partial charge is 0.458 e. The van der Waals surface area contributed by atoms with E-state index in [9.17, 15) is 9.59 Å². The Morgan fingerprint density at radius 3 is 2.27 bits per heavy atom. The van der Waals surface area contributed by atoms with E-state index in [0.29, 0.717) is 18.8 Å². The number of carbonyl (C=O) groups is 2. The Morgan fingerprint density at radius 1 is 1.12 bits per heavy atom. The highest BCUT2D eigenvalue weighted by Crippen LogP contribution is 2.39. The SMILES string of the molecule is CCOC(=O)C(=O)OC(CCCO[Si](C)(C)C(C)(C)C)=C1SCCCS1. The number of ether oxygens (including phenoxy) is 2. The number of allylic oxidation sites excluding steroid dienone is 1. The maximum Gasteiger partial charge on any atom is 0.422 e. The summed E-state index contributed by atoms with van der Waals surface area (Å²) >= 11 is 3.37. The number of hydrogen-bond donors (Lipinski definition) is 0. The number of thioether (sulfide) groups is 2. The van der Waals surface area contributed by atoms with E-state index in [4.69, 9.17) is 13.9 Å². The fraction of sp³-hybridized carbons (Fsp3) is 0.778. The molecule has 0 aromatic heterocycles. The Balaban J connectivity index is 2.67. The minimum Gasteiger partial charge on any atom is -0.458 e. The molecule has 0 bridgehead atoms.